The van der Waals surface area contributed by atoms with E-state index in [-0.39, 0.29) is 17.9 Å². The Labute approximate surface area is 166 Å². The van der Waals surface area contributed by atoms with Crippen molar-refractivity contribution in [2.24, 2.45) is 0 Å². The molecule has 28 heavy (non-hydrogen) atoms. The van der Waals surface area contributed by atoms with Crippen molar-refractivity contribution >= 4 is 23.7 Å². The molecular formula is C20H19NO6S. The van der Waals surface area contributed by atoms with Gasteiger partial charge in [0.2, 0.25) is 0 Å². The molecule has 0 saturated heterocycles. The second kappa shape index (κ2) is 8.79. The first-order valence-electron chi connectivity index (χ1n) is 8.46. The Balaban J connectivity index is 1.69. The third-order valence-corrected chi connectivity index (χ3v) is 5.25. The summed E-state index contributed by atoms with van der Waals surface area (Å²) in [7, 11) is 1.28. The van der Waals surface area contributed by atoms with E-state index in [0.29, 0.717) is 11.3 Å². The number of methoxy groups -OCH3 is 1. The number of carbonyl (C=O) groups excluding carboxylic acids is 2. The van der Waals surface area contributed by atoms with Gasteiger partial charge in [0.1, 0.15) is 11.3 Å². The van der Waals surface area contributed by atoms with Gasteiger partial charge in [-0.05, 0) is 32.0 Å². The molecule has 0 aliphatic heterocycles. The van der Waals surface area contributed by atoms with E-state index in [1.165, 1.54) is 31.2 Å². The third-order valence-electron chi connectivity index (χ3n) is 4.15. The number of hydrogen-bond donors (Lipinski definition) is 0. The fourth-order valence-corrected chi connectivity index (χ4v) is 3.77. The van der Waals surface area contributed by atoms with Gasteiger partial charge in [0.05, 0.1) is 24.6 Å². The highest BCUT2D eigenvalue weighted by molar-refractivity contribution is 7.98. The van der Waals surface area contributed by atoms with Crippen LogP contribution in [0.15, 0.2) is 50.4 Å². The molecule has 0 saturated carbocycles. The quantitative estimate of drug-likeness (QED) is 0.427. The van der Waals surface area contributed by atoms with Gasteiger partial charge in [0, 0.05) is 16.2 Å². The minimum absolute atomic E-state index is 0.168. The number of hydrogen-bond acceptors (Lipinski definition) is 8. The minimum Gasteiger partial charge on any atom is -0.465 e. The summed E-state index contributed by atoms with van der Waals surface area (Å²) in [5.41, 5.74) is 2.51. The summed E-state index contributed by atoms with van der Waals surface area (Å²) < 4.78 is 20.4. The average Bonchev–Trinajstić information content (AvgIpc) is 3.30. The summed E-state index contributed by atoms with van der Waals surface area (Å²) in [4.78, 5) is 25.0. The summed E-state index contributed by atoms with van der Waals surface area (Å²) >= 11 is 1.50. The highest BCUT2D eigenvalue weighted by Crippen LogP contribution is 2.29. The van der Waals surface area contributed by atoms with Crippen molar-refractivity contribution in [1.82, 2.24) is 5.16 Å². The van der Waals surface area contributed by atoms with E-state index < -0.39 is 11.9 Å². The minimum atomic E-state index is -0.546. The highest BCUT2D eigenvalue weighted by atomic mass is 32.2. The van der Waals surface area contributed by atoms with Crippen LogP contribution >= 0.6 is 11.8 Å². The van der Waals surface area contributed by atoms with E-state index in [1.54, 1.807) is 12.1 Å². The lowest BCUT2D eigenvalue weighted by Gasteiger charge is -2.09. The Hall–Kier alpha value is -3.00. The average molecular weight is 401 g/mol. The molecule has 0 atom stereocenters. The van der Waals surface area contributed by atoms with E-state index in [9.17, 15) is 9.59 Å². The molecule has 0 unspecified atom stereocenters. The van der Waals surface area contributed by atoms with Crippen molar-refractivity contribution in [3.63, 3.8) is 0 Å². The van der Waals surface area contributed by atoms with E-state index >= 15 is 0 Å². The zero-order valence-electron chi connectivity index (χ0n) is 15.7. The molecule has 7 nitrogen and oxygen atoms in total. The maximum atomic E-state index is 12.6. The summed E-state index contributed by atoms with van der Waals surface area (Å²) in [5.74, 6) is 0.569. The summed E-state index contributed by atoms with van der Waals surface area (Å²) in [5, 5.41) is 3.95. The molecule has 1 aromatic carbocycles. The zero-order chi connectivity index (χ0) is 20.1. The van der Waals surface area contributed by atoms with Crippen LogP contribution in [0.5, 0.6) is 0 Å². The Morgan fingerprint density at radius 3 is 2.61 bits per heavy atom. The number of aromatic nitrogens is 1. The molecule has 0 bridgehead atoms. The number of benzene rings is 1. The standard InChI is InChI=1S/C20H19NO6S/c1-12-16(13(2)27-21-12)11-28-18-7-5-4-6-15(18)20(23)26-10-17-14(8-9-25-17)19(22)24-3/h4-9H,10-11H2,1-3H3. The lowest BCUT2D eigenvalue weighted by atomic mass is 10.2. The van der Waals surface area contributed by atoms with Crippen molar-refractivity contribution < 1.29 is 28.0 Å². The molecule has 0 aliphatic carbocycles. The second-order valence-corrected chi connectivity index (χ2v) is 6.93. The molecule has 0 N–H and O–H groups in total. The first-order valence-corrected chi connectivity index (χ1v) is 9.45. The monoisotopic (exact) mass is 401 g/mol. The summed E-state index contributed by atoms with van der Waals surface area (Å²) in [6.07, 6.45) is 1.35. The molecular weight excluding hydrogens is 382 g/mol. The molecule has 3 aromatic rings. The SMILES string of the molecule is COC(=O)c1ccoc1COC(=O)c1ccccc1SCc1c(C)noc1C. The first kappa shape index (κ1) is 19.8. The molecule has 3 rings (SSSR count). The largest absolute Gasteiger partial charge is 0.465 e. The Kier molecular flexibility index (Phi) is 6.20. The number of nitrogens with zero attached hydrogens (tertiary/aromatic N) is 1. The third kappa shape index (κ3) is 4.28. The van der Waals surface area contributed by atoms with Crippen molar-refractivity contribution in [3.05, 3.63) is 70.5 Å². The number of furan rings is 1. The Bertz CT molecular complexity index is 971. The maximum Gasteiger partial charge on any atom is 0.341 e. The fraction of sp³-hybridized carbons (Fsp3) is 0.250. The van der Waals surface area contributed by atoms with E-state index in [4.69, 9.17) is 13.7 Å². The second-order valence-electron chi connectivity index (χ2n) is 5.91. The molecule has 2 aromatic heterocycles. The van der Waals surface area contributed by atoms with Crippen LogP contribution in [-0.4, -0.2) is 24.2 Å². The Morgan fingerprint density at radius 2 is 1.89 bits per heavy atom. The van der Waals surface area contributed by atoms with Crippen molar-refractivity contribution in [1.29, 1.82) is 0 Å². The molecule has 0 amide bonds. The van der Waals surface area contributed by atoms with Gasteiger partial charge < -0.3 is 18.4 Å². The molecule has 0 spiro atoms. The van der Waals surface area contributed by atoms with Crippen LogP contribution in [0, 0.1) is 13.8 Å². The van der Waals surface area contributed by atoms with E-state index in [1.807, 2.05) is 26.0 Å². The lowest BCUT2D eigenvalue weighted by molar-refractivity contribution is 0.0428. The van der Waals surface area contributed by atoms with Gasteiger partial charge in [0.15, 0.2) is 12.4 Å². The maximum absolute atomic E-state index is 12.6. The van der Waals surface area contributed by atoms with Crippen LogP contribution in [0.1, 0.15) is 43.5 Å². The molecule has 0 radical (unpaired) electrons. The van der Waals surface area contributed by atoms with Crippen molar-refractivity contribution in [3.8, 4) is 0 Å². The fourth-order valence-electron chi connectivity index (χ4n) is 2.57. The Morgan fingerprint density at radius 1 is 1.11 bits per heavy atom. The van der Waals surface area contributed by atoms with Gasteiger partial charge >= 0.3 is 11.9 Å². The number of esters is 2. The van der Waals surface area contributed by atoms with Crippen LogP contribution in [0.2, 0.25) is 0 Å². The predicted octanol–water partition coefficient (Wildman–Crippen LogP) is 4.32. The van der Waals surface area contributed by atoms with Gasteiger partial charge in [0.25, 0.3) is 0 Å². The lowest BCUT2D eigenvalue weighted by Crippen LogP contribution is -2.09. The van der Waals surface area contributed by atoms with Crippen molar-refractivity contribution in [2.45, 2.75) is 31.1 Å². The van der Waals surface area contributed by atoms with Gasteiger partial charge in [-0.3, -0.25) is 0 Å². The van der Waals surface area contributed by atoms with Gasteiger partial charge in [-0.25, -0.2) is 9.59 Å². The predicted molar refractivity (Wildman–Crippen MR) is 101 cm³/mol. The highest BCUT2D eigenvalue weighted by Gasteiger charge is 2.19. The smallest absolute Gasteiger partial charge is 0.341 e. The van der Waals surface area contributed by atoms with Crippen LogP contribution in [0.4, 0.5) is 0 Å². The molecule has 8 heteroatoms. The van der Waals surface area contributed by atoms with E-state index in [0.717, 1.165) is 21.9 Å². The van der Waals surface area contributed by atoms with Gasteiger partial charge in [-0.15, -0.1) is 11.8 Å². The topological polar surface area (TPSA) is 91.8 Å². The molecule has 0 fully saturated rings. The molecule has 0 aliphatic rings. The zero-order valence-corrected chi connectivity index (χ0v) is 16.5. The van der Waals surface area contributed by atoms with Crippen LogP contribution < -0.4 is 0 Å². The normalized spacial score (nSPS) is 10.7. The number of ether oxygens (including phenoxy) is 2. The molecule has 146 valence electrons. The molecule has 2 heterocycles. The summed E-state index contributed by atoms with van der Waals surface area (Å²) in [6, 6.07) is 8.65. The van der Waals surface area contributed by atoms with Crippen molar-refractivity contribution in [2.75, 3.05) is 7.11 Å². The number of aryl methyl sites for hydroxylation is 2. The van der Waals surface area contributed by atoms with Crippen LogP contribution in [0.3, 0.4) is 0 Å². The number of carbonyl (C=O) groups is 2. The van der Waals surface area contributed by atoms with Gasteiger partial charge in [-0.1, -0.05) is 17.3 Å². The number of thioether (sulfide) groups is 1. The van der Waals surface area contributed by atoms with Crippen LogP contribution in [0.25, 0.3) is 0 Å². The summed E-state index contributed by atoms with van der Waals surface area (Å²) in [6.45, 7) is 3.58. The number of rotatable bonds is 7. The van der Waals surface area contributed by atoms with Crippen LogP contribution in [-0.2, 0) is 21.8 Å². The van der Waals surface area contributed by atoms with Gasteiger partial charge in [-0.2, -0.15) is 0 Å². The first-order chi connectivity index (χ1) is 13.5. The van der Waals surface area contributed by atoms with E-state index in [2.05, 4.69) is 9.89 Å².